The van der Waals surface area contributed by atoms with Crippen LogP contribution in [-0.2, 0) is 26.5 Å². The van der Waals surface area contributed by atoms with E-state index in [9.17, 15) is 0 Å². The normalized spacial score (nSPS) is 11.6. The summed E-state index contributed by atoms with van der Waals surface area (Å²) in [5, 5.41) is 6.43. The number of fused-ring (bicyclic) bond motifs is 4. The Morgan fingerprint density at radius 2 is 1.39 bits per heavy atom. The van der Waals surface area contributed by atoms with E-state index in [2.05, 4.69) is 162 Å². The minimum Gasteiger partial charge on any atom is -0.305 e. The number of benzene rings is 5. The third-order valence-corrected chi connectivity index (χ3v) is 12.2. The summed E-state index contributed by atoms with van der Waals surface area (Å²) in [5.41, 5.74) is 8.35. The molecule has 5 heteroatoms. The van der Waals surface area contributed by atoms with Crippen molar-refractivity contribution in [1.82, 2.24) is 9.97 Å². The Kier molecular flexibility index (Phi) is 10.9. The monoisotopic (exact) mass is 875 g/mol. The molecule has 5 aromatic carbocycles. The zero-order valence-corrected chi connectivity index (χ0v) is 34.3. The second-order valence-corrected chi connectivity index (χ2v) is 21.2. The number of hydrogen-bond donors (Lipinski definition) is 0. The first kappa shape index (κ1) is 36.5. The van der Waals surface area contributed by atoms with E-state index in [4.69, 9.17) is 9.97 Å². The molecule has 257 valence electrons. The third kappa shape index (κ3) is 8.13. The summed E-state index contributed by atoms with van der Waals surface area (Å²) < 4.78 is 2.54. The van der Waals surface area contributed by atoms with Crippen LogP contribution in [0.15, 0.2) is 134 Å². The number of nitrogens with zero attached hydrogens (tertiary/aromatic N) is 2. The smallest absolute Gasteiger partial charge is 0.0798 e. The van der Waals surface area contributed by atoms with Crippen LogP contribution in [-0.4, -0.2) is 18.0 Å². The second kappa shape index (κ2) is 15.2. The van der Waals surface area contributed by atoms with Crippen molar-refractivity contribution < 1.29 is 20.1 Å². The van der Waals surface area contributed by atoms with Crippen LogP contribution >= 0.6 is 11.3 Å². The number of thiophene rings is 1. The molecule has 8 rings (SSSR count). The Labute approximate surface area is 321 Å². The number of hydrogen-bond acceptors (Lipinski definition) is 3. The standard InChI is InChI=1S/C27H16NS.C19H26NSi.Ir/c1-2-8-18(9-3-1)21-14-15-22(24-16-19-10-4-5-11-20(19)17-28-24)27-26(21)23-12-6-7-13-25(23)29-27;1-19(2,3)13-16-12-17(15-10-8-7-9-11-15)20-14-18(16)21(4,5)6;/h1-14,16-17H;7-10,12,14H,13H2,1-6H3;/q2*-1;. The molecule has 0 bridgehead atoms. The van der Waals surface area contributed by atoms with Crippen LogP contribution in [0.1, 0.15) is 26.3 Å². The predicted molar refractivity (Wildman–Crippen MR) is 219 cm³/mol. The second-order valence-electron chi connectivity index (χ2n) is 15.2. The van der Waals surface area contributed by atoms with E-state index in [0.29, 0.717) is 0 Å². The zero-order chi connectivity index (χ0) is 34.9. The van der Waals surface area contributed by atoms with Gasteiger partial charge >= 0.3 is 0 Å². The van der Waals surface area contributed by atoms with E-state index in [0.717, 1.165) is 34.3 Å². The molecule has 0 amide bonds. The largest absolute Gasteiger partial charge is 0.305 e. The Morgan fingerprint density at radius 3 is 2.12 bits per heavy atom. The Morgan fingerprint density at radius 1 is 0.706 bits per heavy atom. The summed E-state index contributed by atoms with van der Waals surface area (Å²) in [5.74, 6) is 0. The van der Waals surface area contributed by atoms with Crippen LogP contribution < -0.4 is 5.19 Å². The number of rotatable bonds is 5. The maximum atomic E-state index is 4.78. The zero-order valence-electron chi connectivity index (χ0n) is 30.0. The molecule has 3 aromatic heterocycles. The van der Waals surface area contributed by atoms with Gasteiger partial charge in [0.15, 0.2) is 0 Å². The Balaban J connectivity index is 0.000000182. The maximum Gasteiger partial charge on any atom is 0.0798 e. The maximum absolute atomic E-state index is 4.78. The fourth-order valence-corrected chi connectivity index (χ4v) is 9.43. The van der Waals surface area contributed by atoms with E-state index in [1.807, 2.05) is 35.7 Å². The molecular weight excluding hydrogens is 833 g/mol. The van der Waals surface area contributed by atoms with Crippen molar-refractivity contribution in [3.8, 4) is 33.6 Å². The van der Waals surface area contributed by atoms with Gasteiger partial charge in [-0.1, -0.05) is 147 Å². The molecule has 8 aromatic rings. The Bertz CT molecular complexity index is 2420. The van der Waals surface area contributed by atoms with E-state index >= 15 is 0 Å². The van der Waals surface area contributed by atoms with Crippen molar-refractivity contribution in [2.75, 3.05) is 0 Å². The van der Waals surface area contributed by atoms with Gasteiger partial charge in [0, 0.05) is 37.2 Å². The van der Waals surface area contributed by atoms with Gasteiger partial charge in [-0.05, 0) is 55.3 Å². The van der Waals surface area contributed by atoms with Crippen LogP contribution in [0, 0.1) is 17.5 Å². The summed E-state index contributed by atoms with van der Waals surface area (Å²) in [6.45, 7) is 14.1. The molecule has 3 heterocycles. The summed E-state index contributed by atoms with van der Waals surface area (Å²) in [4.78, 5) is 9.48. The molecular formula is C46H42IrN2SSi-2. The summed E-state index contributed by atoms with van der Waals surface area (Å²) in [7, 11) is -1.37. The van der Waals surface area contributed by atoms with E-state index < -0.39 is 8.07 Å². The molecule has 0 aliphatic heterocycles. The van der Waals surface area contributed by atoms with Gasteiger partial charge in [-0.25, -0.2) is 0 Å². The van der Waals surface area contributed by atoms with Gasteiger partial charge < -0.3 is 9.97 Å². The van der Waals surface area contributed by atoms with Gasteiger partial charge in [0.2, 0.25) is 0 Å². The van der Waals surface area contributed by atoms with Gasteiger partial charge in [-0.3, -0.25) is 0 Å². The number of pyridine rings is 2. The molecule has 0 N–H and O–H groups in total. The predicted octanol–water partition coefficient (Wildman–Crippen LogP) is 12.4. The summed E-state index contributed by atoms with van der Waals surface area (Å²) >= 11 is 1.83. The average Bonchev–Trinajstić information content (AvgIpc) is 3.51. The van der Waals surface area contributed by atoms with Crippen molar-refractivity contribution in [2.45, 2.75) is 46.8 Å². The molecule has 0 saturated heterocycles. The minimum absolute atomic E-state index is 0. The molecule has 2 nitrogen and oxygen atoms in total. The van der Waals surface area contributed by atoms with Gasteiger partial charge in [0.05, 0.1) is 8.07 Å². The number of aromatic nitrogens is 2. The fourth-order valence-electron chi connectivity index (χ4n) is 6.62. The molecule has 0 aliphatic rings. The van der Waals surface area contributed by atoms with E-state index in [1.54, 1.807) is 0 Å². The van der Waals surface area contributed by atoms with Crippen LogP contribution in [0.3, 0.4) is 0 Å². The molecule has 0 spiro atoms. The third-order valence-electron chi connectivity index (χ3n) is 8.93. The molecule has 0 aliphatic carbocycles. The van der Waals surface area contributed by atoms with Gasteiger partial charge in [0.25, 0.3) is 0 Å². The SMILES string of the molecule is CC(C)(C)Cc1cc(-c2[c-]cccc2)ncc1[Si](C)(C)C.[Ir].[c-]1cc(-c2ccccc2)c2c(sc3ccccc32)c1-c1cc2ccccc2cn1. The van der Waals surface area contributed by atoms with Crippen LogP contribution in [0.2, 0.25) is 19.6 Å². The fraction of sp³-hybridized carbons (Fsp3) is 0.174. The average molecular weight is 875 g/mol. The Hall–Kier alpha value is -4.25. The quantitative estimate of drug-likeness (QED) is 0.127. The van der Waals surface area contributed by atoms with E-state index in [1.165, 1.54) is 47.4 Å². The van der Waals surface area contributed by atoms with Crippen LogP contribution in [0.5, 0.6) is 0 Å². The molecule has 0 unspecified atom stereocenters. The van der Waals surface area contributed by atoms with Crippen LogP contribution in [0.25, 0.3) is 64.6 Å². The van der Waals surface area contributed by atoms with Crippen molar-refractivity contribution in [1.29, 1.82) is 0 Å². The molecule has 51 heavy (non-hydrogen) atoms. The molecule has 0 atom stereocenters. The van der Waals surface area contributed by atoms with Gasteiger partial charge in [-0.2, -0.15) is 11.3 Å². The van der Waals surface area contributed by atoms with Gasteiger partial charge in [0.1, 0.15) is 0 Å². The summed E-state index contributed by atoms with van der Waals surface area (Å²) in [6.07, 6.45) is 5.17. The van der Waals surface area contributed by atoms with E-state index in [-0.39, 0.29) is 25.5 Å². The van der Waals surface area contributed by atoms with Gasteiger partial charge in [-0.15, -0.1) is 53.6 Å². The van der Waals surface area contributed by atoms with Crippen molar-refractivity contribution in [3.63, 3.8) is 0 Å². The molecule has 0 fully saturated rings. The molecule has 0 saturated carbocycles. The first-order valence-corrected chi connectivity index (χ1v) is 21.6. The first-order valence-electron chi connectivity index (χ1n) is 17.3. The molecule has 1 radical (unpaired) electrons. The minimum atomic E-state index is -1.37. The summed E-state index contributed by atoms with van der Waals surface area (Å²) in [6, 6.07) is 49.1. The van der Waals surface area contributed by atoms with Crippen molar-refractivity contribution in [2.24, 2.45) is 5.41 Å². The van der Waals surface area contributed by atoms with Crippen molar-refractivity contribution >= 4 is 55.5 Å². The van der Waals surface area contributed by atoms with Crippen LogP contribution in [0.4, 0.5) is 0 Å². The topological polar surface area (TPSA) is 25.8 Å². The van der Waals surface area contributed by atoms with Crippen molar-refractivity contribution in [3.05, 3.63) is 151 Å². The first-order chi connectivity index (χ1) is 24.0.